The van der Waals surface area contributed by atoms with Gasteiger partial charge in [-0.3, -0.25) is 4.21 Å². The van der Waals surface area contributed by atoms with Gasteiger partial charge in [0.25, 0.3) is 0 Å². The summed E-state index contributed by atoms with van der Waals surface area (Å²) in [5.41, 5.74) is 1.07. The lowest BCUT2D eigenvalue weighted by atomic mass is 10.4. The molecule has 0 aliphatic heterocycles. The summed E-state index contributed by atoms with van der Waals surface area (Å²) in [5, 5.41) is 4.89. The van der Waals surface area contributed by atoms with Crippen LogP contribution >= 0.6 is 0 Å². The summed E-state index contributed by atoms with van der Waals surface area (Å²) in [7, 11) is -0.822. The van der Waals surface area contributed by atoms with Crippen molar-refractivity contribution in [2.24, 2.45) is 0 Å². The first-order valence-electron chi connectivity index (χ1n) is 3.47. The van der Waals surface area contributed by atoms with Crippen molar-refractivity contribution in [3.63, 3.8) is 0 Å². The van der Waals surface area contributed by atoms with Crippen LogP contribution in [-0.2, 0) is 10.8 Å². The van der Waals surface area contributed by atoms with E-state index < -0.39 is 10.8 Å². The van der Waals surface area contributed by atoms with Crippen molar-refractivity contribution in [2.45, 2.75) is 20.3 Å². The van der Waals surface area contributed by atoms with Crippen molar-refractivity contribution < 1.29 is 4.21 Å². The molecule has 0 saturated carbocycles. The second-order valence-corrected chi connectivity index (χ2v) is 3.26. The lowest BCUT2D eigenvalue weighted by molar-refractivity contribution is 0.691. The SMILES string of the molecule is CCN/C(=C/S(C)=O)CC. The first kappa shape index (κ1) is 9.69. The summed E-state index contributed by atoms with van der Waals surface area (Å²) in [6, 6.07) is 0. The van der Waals surface area contributed by atoms with Gasteiger partial charge in [0.05, 0.1) is 0 Å². The summed E-state index contributed by atoms with van der Waals surface area (Å²) in [4.78, 5) is 0. The van der Waals surface area contributed by atoms with Crippen LogP contribution in [0.25, 0.3) is 0 Å². The van der Waals surface area contributed by atoms with E-state index in [-0.39, 0.29) is 0 Å². The molecule has 0 rings (SSSR count). The minimum Gasteiger partial charge on any atom is -0.388 e. The molecule has 0 aliphatic rings. The molecule has 0 aromatic rings. The van der Waals surface area contributed by atoms with Gasteiger partial charge in [-0.05, 0) is 13.3 Å². The summed E-state index contributed by atoms with van der Waals surface area (Å²) in [6.45, 7) is 4.97. The van der Waals surface area contributed by atoms with E-state index in [0.29, 0.717) is 0 Å². The molecule has 3 heteroatoms. The fourth-order valence-corrected chi connectivity index (χ4v) is 1.33. The first-order valence-corrected chi connectivity index (χ1v) is 5.09. The van der Waals surface area contributed by atoms with Gasteiger partial charge in [-0.25, -0.2) is 0 Å². The van der Waals surface area contributed by atoms with Crippen LogP contribution in [-0.4, -0.2) is 17.0 Å². The third-order valence-corrected chi connectivity index (χ3v) is 1.71. The molecule has 0 aromatic carbocycles. The minimum atomic E-state index is -0.822. The smallest absolute Gasteiger partial charge is 0.0441 e. The van der Waals surface area contributed by atoms with Crippen molar-refractivity contribution in [3.05, 3.63) is 11.1 Å². The molecule has 0 saturated heterocycles. The highest BCUT2D eigenvalue weighted by Crippen LogP contribution is 1.95. The number of rotatable bonds is 4. The molecule has 0 spiro atoms. The quantitative estimate of drug-likeness (QED) is 0.672. The summed E-state index contributed by atoms with van der Waals surface area (Å²) >= 11 is 0. The Morgan fingerprint density at radius 3 is 2.50 bits per heavy atom. The van der Waals surface area contributed by atoms with E-state index in [4.69, 9.17) is 0 Å². The van der Waals surface area contributed by atoms with E-state index in [0.717, 1.165) is 18.7 Å². The summed E-state index contributed by atoms with van der Waals surface area (Å²) in [6.07, 6.45) is 2.60. The van der Waals surface area contributed by atoms with Crippen LogP contribution in [0.15, 0.2) is 11.1 Å². The first-order chi connectivity index (χ1) is 4.70. The van der Waals surface area contributed by atoms with Gasteiger partial charge >= 0.3 is 0 Å². The van der Waals surface area contributed by atoms with Crippen LogP contribution in [0.2, 0.25) is 0 Å². The van der Waals surface area contributed by atoms with Gasteiger partial charge in [-0.15, -0.1) is 0 Å². The van der Waals surface area contributed by atoms with Crippen LogP contribution in [0.1, 0.15) is 20.3 Å². The topological polar surface area (TPSA) is 29.1 Å². The highest BCUT2D eigenvalue weighted by Gasteiger charge is 1.90. The maximum absolute atomic E-state index is 10.7. The zero-order chi connectivity index (χ0) is 7.98. The monoisotopic (exact) mass is 161 g/mol. The van der Waals surface area contributed by atoms with Gasteiger partial charge in [-0.1, -0.05) is 6.92 Å². The number of hydrogen-bond donors (Lipinski definition) is 1. The lowest BCUT2D eigenvalue weighted by Crippen LogP contribution is -2.11. The molecular weight excluding hydrogens is 146 g/mol. The number of hydrogen-bond acceptors (Lipinski definition) is 2. The van der Waals surface area contributed by atoms with E-state index in [2.05, 4.69) is 5.32 Å². The van der Waals surface area contributed by atoms with E-state index in [1.165, 1.54) is 0 Å². The Kier molecular flexibility index (Phi) is 5.30. The third-order valence-electron chi connectivity index (χ3n) is 1.09. The predicted molar refractivity (Wildman–Crippen MR) is 46.1 cm³/mol. The molecule has 0 aliphatic carbocycles. The minimum absolute atomic E-state index is 0.822. The Hall–Kier alpha value is -0.310. The zero-order valence-electron chi connectivity index (χ0n) is 6.81. The van der Waals surface area contributed by atoms with E-state index in [9.17, 15) is 4.21 Å². The van der Waals surface area contributed by atoms with E-state index in [1.54, 1.807) is 11.7 Å². The van der Waals surface area contributed by atoms with Gasteiger partial charge in [-0.2, -0.15) is 0 Å². The van der Waals surface area contributed by atoms with E-state index >= 15 is 0 Å². The Balaban J connectivity index is 3.91. The summed E-state index contributed by atoms with van der Waals surface area (Å²) in [5.74, 6) is 0. The normalized spacial score (nSPS) is 14.9. The van der Waals surface area contributed by atoms with Crippen LogP contribution in [0, 0.1) is 0 Å². The molecule has 1 atom stereocenters. The van der Waals surface area contributed by atoms with Gasteiger partial charge in [0, 0.05) is 34.7 Å². The predicted octanol–water partition coefficient (Wildman–Crippen LogP) is 1.23. The fraction of sp³-hybridized carbons (Fsp3) is 0.714. The van der Waals surface area contributed by atoms with Gasteiger partial charge in [0.2, 0.25) is 0 Å². The number of allylic oxidation sites excluding steroid dienone is 1. The molecular formula is C7H15NOS. The summed E-state index contributed by atoms with van der Waals surface area (Å²) < 4.78 is 10.7. The molecule has 0 radical (unpaired) electrons. The van der Waals surface area contributed by atoms with Crippen LogP contribution in [0.4, 0.5) is 0 Å². The highest BCUT2D eigenvalue weighted by molar-refractivity contribution is 7.87. The molecule has 0 amide bonds. The van der Waals surface area contributed by atoms with Crippen molar-refractivity contribution >= 4 is 10.8 Å². The van der Waals surface area contributed by atoms with Gasteiger partial charge in [0.15, 0.2) is 0 Å². The Bertz CT molecular complexity index is 143. The Morgan fingerprint density at radius 1 is 1.60 bits per heavy atom. The highest BCUT2D eigenvalue weighted by atomic mass is 32.2. The molecule has 2 nitrogen and oxygen atoms in total. The molecule has 0 fully saturated rings. The van der Waals surface area contributed by atoms with Crippen molar-refractivity contribution in [2.75, 3.05) is 12.8 Å². The average Bonchev–Trinajstić information content (AvgIpc) is 1.86. The lowest BCUT2D eigenvalue weighted by Gasteiger charge is -2.03. The zero-order valence-corrected chi connectivity index (χ0v) is 7.62. The van der Waals surface area contributed by atoms with Crippen LogP contribution in [0.5, 0.6) is 0 Å². The molecule has 0 aromatic heterocycles. The van der Waals surface area contributed by atoms with Gasteiger partial charge in [0.1, 0.15) is 0 Å². The van der Waals surface area contributed by atoms with E-state index in [1.807, 2.05) is 13.8 Å². The molecule has 1 unspecified atom stereocenters. The maximum atomic E-state index is 10.7. The fourth-order valence-electron chi connectivity index (χ4n) is 0.677. The standard InChI is InChI=1S/C7H15NOS/c1-4-7(8-5-2)6-10(3)9/h6,8H,4-5H2,1-3H3/b7-6+. The Morgan fingerprint density at radius 2 is 2.20 bits per heavy atom. The van der Waals surface area contributed by atoms with Gasteiger partial charge < -0.3 is 5.32 Å². The largest absolute Gasteiger partial charge is 0.388 e. The number of nitrogens with one attached hydrogen (secondary N) is 1. The van der Waals surface area contributed by atoms with Crippen LogP contribution in [0.3, 0.4) is 0 Å². The Labute approximate surface area is 65.2 Å². The second kappa shape index (κ2) is 5.47. The average molecular weight is 161 g/mol. The molecule has 10 heavy (non-hydrogen) atoms. The second-order valence-electron chi connectivity index (χ2n) is 2.03. The molecule has 1 N–H and O–H groups in total. The third kappa shape index (κ3) is 4.56. The van der Waals surface area contributed by atoms with Crippen molar-refractivity contribution in [3.8, 4) is 0 Å². The van der Waals surface area contributed by atoms with Crippen molar-refractivity contribution in [1.29, 1.82) is 0 Å². The molecule has 60 valence electrons. The van der Waals surface area contributed by atoms with Crippen LogP contribution < -0.4 is 5.32 Å². The molecule has 0 heterocycles. The molecule has 0 bridgehead atoms. The van der Waals surface area contributed by atoms with Crippen molar-refractivity contribution in [1.82, 2.24) is 5.32 Å². The maximum Gasteiger partial charge on any atom is 0.0441 e.